The van der Waals surface area contributed by atoms with Gasteiger partial charge in [-0.2, -0.15) is 4.31 Å². The number of methoxy groups -OCH3 is 2. The maximum atomic E-state index is 14.1. The van der Waals surface area contributed by atoms with E-state index in [9.17, 15) is 13.2 Å². The number of aryl methyl sites for hydroxylation is 3. The average Bonchev–Trinajstić information content (AvgIpc) is 2.81. The highest BCUT2D eigenvalue weighted by molar-refractivity contribution is 7.89. The van der Waals surface area contributed by atoms with Crippen LogP contribution in [0.4, 0.5) is 0 Å². The fourth-order valence-electron chi connectivity index (χ4n) is 5.33. The van der Waals surface area contributed by atoms with Gasteiger partial charge in [0.05, 0.1) is 24.6 Å². The van der Waals surface area contributed by atoms with Gasteiger partial charge in [-0.25, -0.2) is 8.42 Å². The third-order valence-electron chi connectivity index (χ3n) is 6.90. The normalized spacial score (nSPS) is 15.0. The van der Waals surface area contributed by atoms with Gasteiger partial charge in [-0.15, -0.1) is 0 Å². The molecule has 1 aromatic heterocycles. The molecule has 0 saturated heterocycles. The minimum Gasteiger partial charge on any atom is -0.493 e. The van der Waals surface area contributed by atoms with Gasteiger partial charge >= 0.3 is 0 Å². The van der Waals surface area contributed by atoms with Crippen LogP contribution in [0.2, 0.25) is 0 Å². The van der Waals surface area contributed by atoms with E-state index in [2.05, 4.69) is 4.98 Å². The molecule has 2 aromatic carbocycles. The lowest BCUT2D eigenvalue weighted by molar-refractivity contribution is 0.247. The minimum absolute atomic E-state index is 0.0133. The quantitative estimate of drug-likeness (QED) is 0.496. The van der Waals surface area contributed by atoms with E-state index in [1.165, 1.54) is 7.11 Å². The number of pyridine rings is 1. The van der Waals surface area contributed by atoms with Crippen molar-refractivity contribution in [3.63, 3.8) is 0 Å². The zero-order valence-corrected chi connectivity index (χ0v) is 21.9. The summed E-state index contributed by atoms with van der Waals surface area (Å²) in [6, 6.07) is 8.93. The van der Waals surface area contributed by atoms with Crippen molar-refractivity contribution in [2.75, 3.05) is 14.2 Å². The number of fused-ring (bicyclic) bond motifs is 1. The average molecular weight is 499 g/mol. The number of H-pyrrole nitrogens is 1. The van der Waals surface area contributed by atoms with Gasteiger partial charge in [0.1, 0.15) is 0 Å². The predicted octanol–water partition coefficient (Wildman–Crippen LogP) is 4.99. The van der Waals surface area contributed by atoms with Crippen molar-refractivity contribution in [2.24, 2.45) is 0 Å². The van der Waals surface area contributed by atoms with Crippen LogP contribution in [0.15, 0.2) is 40.0 Å². The van der Waals surface area contributed by atoms with Gasteiger partial charge in [-0.05, 0) is 56.9 Å². The van der Waals surface area contributed by atoms with Crippen LogP contribution in [-0.2, 0) is 16.6 Å². The molecule has 0 radical (unpaired) electrons. The molecule has 1 heterocycles. The minimum atomic E-state index is -3.83. The fourth-order valence-corrected chi connectivity index (χ4v) is 7.41. The van der Waals surface area contributed by atoms with Gasteiger partial charge in [0.2, 0.25) is 10.0 Å². The molecule has 3 aromatic rings. The van der Waals surface area contributed by atoms with Crippen molar-refractivity contribution in [1.82, 2.24) is 9.29 Å². The molecule has 7 nitrogen and oxygen atoms in total. The summed E-state index contributed by atoms with van der Waals surface area (Å²) in [6.45, 7) is 5.66. The highest BCUT2D eigenvalue weighted by Gasteiger charge is 2.35. The first-order valence-electron chi connectivity index (χ1n) is 12.0. The number of benzene rings is 2. The monoisotopic (exact) mass is 498 g/mol. The Morgan fingerprint density at radius 1 is 0.914 bits per heavy atom. The number of hydrogen-bond donors (Lipinski definition) is 1. The molecule has 1 aliphatic rings. The van der Waals surface area contributed by atoms with Crippen molar-refractivity contribution in [2.45, 2.75) is 70.4 Å². The SMILES string of the molecule is COc1cc2cc(CN(C3CCCCC3)S(=O)(=O)c3c(C)cc(C)cc3C)c(=O)[nH]c2cc1OC. The molecule has 1 fully saturated rings. The highest BCUT2D eigenvalue weighted by Crippen LogP contribution is 2.34. The Hall–Kier alpha value is -2.84. The second kappa shape index (κ2) is 10.0. The van der Waals surface area contributed by atoms with Crippen LogP contribution in [0.1, 0.15) is 54.4 Å². The Labute approximate surface area is 207 Å². The zero-order chi connectivity index (χ0) is 25.3. The molecule has 0 amide bonds. The third-order valence-corrected chi connectivity index (χ3v) is 9.11. The van der Waals surface area contributed by atoms with E-state index in [1.54, 1.807) is 29.6 Å². The highest BCUT2D eigenvalue weighted by atomic mass is 32.2. The summed E-state index contributed by atoms with van der Waals surface area (Å²) in [6.07, 6.45) is 4.64. The molecule has 0 spiro atoms. The topological polar surface area (TPSA) is 88.7 Å². The molecule has 1 aliphatic carbocycles. The van der Waals surface area contributed by atoms with Crippen molar-refractivity contribution >= 4 is 20.9 Å². The lowest BCUT2D eigenvalue weighted by Crippen LogP contribution is -2.42. The standard InChI is InChI=1S/C27H34N2O5S/c1-17-11-18(2)26(19(3)12-17)35(31,32)29(22-9-7-6-8-10-22)16-21-13-20-14-24(33-4)25(34-5)15-23(20)28-27(21)30/h11-15,22H,6-10,16H2,1-5H3,(H,28,30). The Bertz CT molecular complexity index is 1380. The predicted molar refractivity (Wildman–Crippen MR) is 138 cm³/mol. The molecule has 0 aliphatic heterocycles. The van der Waals surface area contributed by atoms with Crippen LogP contribution >= 0.6 is 0 Å². The second-order valence-corrected chi connectivity index (χ2v) is 11.3. The van der Waals surface area contributed by atoms with Gasteiger partial charge < -0.3 is 14.5 Å². The molecule has 1 N–H and O–H groups in total. The Balaban J connectivity index is 1.83. The van der Waals surface area contributed by atoms with E-state index in [0.29, 0.717) is 27.5 Å². The van der Waals surface area contributed by atoms with Crippen molar-refractivity contribution in [3.05, 3.63) is 62.9 Å². The van der Waals surface area contributed by atoms with E-state index in [0.717, 1.165) is 54.2 Å². The number of aromatic amines is 1. The summed E-state index contributed by atoms with van der Waals surface area (Å²) < 4.78 is 40.6. The van der Waals surface area contributed by atoms with Crippen LogP contribution in [0.3, 0.4) is 0 Å². The van der Waals surface area contributed by atoms with Gasteiger partial charge in [-0.1, -0.05) is 37.0 Å². The summed E-state index contributed by atoms with van der Waals surface area (Å²) in [7, 11) is -0.739. The first kappa shape index (κ1) is 25.3. The van der Waals surface area contributed by atoms with Crippen LogP contribution in [-0.4, -0.2) is 38.0 Å². The number of ether oxygens (including phenoxy) is 2. The van der Waals surface area contributed by atoms with Crippen molar-refractivity contribution < 1.29 is 17.9 Å². The largest absolute Gasteiger partial charge is 0.493 e. The van der Waals surface area contributed by atoms with Crippen LogP contribution < -0.4 is 15.0 Å². The van der Waals surface area contributed by atoms with Crippen LogP contribution in [0.25, 0.3) is 10.9 Å². The first-order valence-corrected chi connectivity index (χ1v) is 13.5. The number of aromatic nitrogens is 1. The van der Waals surface area contributed by atoms with E-state index in [-0.39, 0.29) is 18.1 Å². The smallest absolute Gasteiger partial charge is 0.252 e. The number of hydrogen-bond acceptors (Lipinski definition) is 5. The summed E-state index contributed by atoms with van der Waals surface area (Å²) in [4.78, 5) is 16.3. The first-order chi connectivity index (χ1) is 16.6. The number of nitrogens with zero attached hydrogens (tertiary/aromatic N) is 1. The lowest BCUT2D eigenvalue weighted by Gasteiger charge is -2.34. The molecular formula is C27H34N2O5S. The van der Waals surface area contributed by atoms with E-state index >= 15 is 0 Å². The van der Waals surface area contributed by atoms with Gasteiger partial charge in [0.15, 0.2) is 11.5 Å². The van der Waals surface area contributed by atoms with E-state index in [1.807, 2.05) is 32.9 Å². The Morgan fingerprint density at radius 2 is 1.51 bits per heavy atom. The molecule has 4 rings (SSSR count). The van der Waals surface area contributed by atoms with Gasteiger partial charge in [0, 0.05) is 29.6 Å². The molecule has 8 heteroatoms. The molecule has 0 atom stereocenters. The summed E-state index contributed by atoms with van der Waals surface area (Å²) in [5, 5.41) is 0.751. The summed E-state index contributed by atoms with van der Waals surface area (Å²) in [5.41, 5.74) is 3.19. The number of sulfonamides is 1. The molecule has 0 unspecified atom stereocenters. The van der Waals surface area contributed by atoms with Crippen LogP contribution in [0, 0.1) is 20.8 Å². The number of rotatable bonds is 7. The molecular weight excluding hydrogens is 464 g/mol. The number of nitrogens with one attached hydrogen (secondary N) is 1. The molecule has 35 heavy (non-hydrogen) atoms. The Kier molecular flexibility index (Phi) is 7.24. The van der Waals surface area contributed by atoms with Crippen molar-refractivity contribution in [3.8, 4) is 11.5 Å². The fraction of sp³-hybridized carbons (Fsp3) is 0.444. The molecule has 188 valence electrons. The zero-order valence-electron chi connectivity index (χ0n) is 21.1. The third kappa shape index (κ3) is 4.95. The van der Waals surface area contributed by atoms with Crippen LogP contribution in [0.5, 0.6) is 11.5 Å². The summed E-state index contributed by atoms with van der Waals surface area (Å²) in [5.74, 6) is 1.06. The van der Waals surface area contributed by atoms with E-state index < -0.39 is 10.0 Å². The summed E-state index contributed by atoms with van der Waals surface area (Å²) >= 11 is 0. The second-order valence-electron chi connectivity index (χ2n) is 9.49. The van der Waals surface area contributed by atoms with E-state index in [4.69, 9.17) is 9.47 Å². The van der Waals surface area contributed by atoms with Gasteiger partial charge in [-0.3, -0.25) is 4.79 Å². The Morgan fingerprint density at radius 3 is 2.11 bits per heavy atom. The molecule has 0 bridgehead atoms. The molecule has 1 saturated carbocycles. The van der Waals surface area contributed by atoms with Gasteiger partial charge in [0.25, 0.3) is 5.56 Å². The van der Waals surface area contributed by atoms with Crippen molar-refractivity contribution in [1.29, 1.82) is 0 Å². The maximum absolute atomic E-state index is 14.1. The lowest BCUT2D eigenvalue weighted by atomic mass is 9.95. The maximum Gasteiger partial charge on any atom is 0.252 e.